The Kier molecular flexibility index (Phi) is 6.60. The van der Waals surface area contributed by atoms with Gasteiger partial charge in [-0.15, -0.1) is 0 Å². The number of carbonyl (C=O) groups excluding carboxylic acids is 1. The molecule has 2 saturated heterocycles. The number of carbonyl (C=O) groups is 1. The normalized spacial score (nSPS) is 19.3. The van der Waals surface area contributed by atoms with Gasteiger partial charge in [0.15, 0.2) is 5.16 Å². The van der Waals surface area contributed by atoms with Crippen molar-refractivity contribution in [2.75, 3.05) is 51.2 Å². The molecule has 0 saturated carbocycles. The van der Waals surface area contributed by atoms with Crippen LogP contribution in [0.15, 0.2) is 17.3 Å². The SMILES string of the molecule is CN1CCC(Sc2nc3cc(Cl)c(N4CCN(C(=O)OC(C)(C)C)CC4)cc3[nH]2)CC1. The number of rotatable bonds is 3. The molecule has 0 atom stereocenters. The van der Waals surface area contributed by atoms with E-state index in [2.05, 4.69) is 27.9 Å². The average molecular weight is 466 g/mol. The first kappa shape index (κ1) is 22.6. The zero-order valence-electron chi connectivity index (χ0n) is 18.8. The summed E-state index contributed by atoms with van der Waals surface area (Å²) in [5.41, 5.74) is 2.41. The van der Waals surface area contributed by atoms with Crippen molar-refractivity contribution in [1.29, 1.82) is 0 Å². The van der Waals surface area contributed by atoms with Crippen LogP contribution in [-0.4, -0.2) is 83.0 Å². The lowest BCUT2D eigenvalue weighted by Gasteiger charge is -2.37. The third kappa shape index (κ3) is 5.59. The Bertz CT molecular complexity index is 928. The maximum absolute atomic E-state index is 12.3. The molecule has 0 aliphatic carbocycles. The smallest absolute Gasteiger partial charge is 0.410 e. The molecule has 1 aromatic heterocycles. The zero-order chi connectivity index (χ0) is 22.2. The number of anilines is 1. The number of nitrogens with one attached hydrogen (secondary N) is 1. The van der Waals surface area contributed by atoms with Crippen molar-refractivity contribution < 1.29 is 9.53 Å². The zero-order valence-corrected chi connectivity index (χ0v) is 20.4. The van der Waals surface area contributed by atoms with E-state index < -0.39 is 5.60 Å². The van der Waals surface area contributed by atoms with E-state index in [0.717, 1.165) is 48.1 Å². The van der Waals surface area contributed by atoms with Crippen LogP contribution >= 0.6 is 23.4 Å². The summed E-state index contributed by atoms with van der Waals surface area (Å²) in [6.45, 7) is 10.6. The summed E-state index contributed by atoms with van der Waals surface area (Å²) in [5.74, 6) is 0. The second kappa shape index (κ2) is 9.08. The van der Waals surface area contributed by atoms with Gasteiger partial charge in [-0.3, -0.25) is 0 Å². The number of halogens is 1. The van der Waals surface area contributed by atoms with E-state index in [1.807, 2.05) is 38.6 Å². The second-order valence-electron chi connectivity index (χ2n) is 9.44. The highest BCUT2D eigenvalue weighted by molar-refractivity contribution is 7.99. The van der Waals surface area contributed by atoms with Crippen molar-refractivity contribution in [2.45, 2.75) is 49.6 Å². The van der Waals surface area contributed by atoms with Gasteiger partial charge in [0, 0.05) is 31.4 Å². The van der Waals surface area contributed by atoms with E-state index >= 15 is 0 Å². The minimum absolute atomic E-state index is 0.252. The number of likely N-dealkylation sites (tertiary alicyclic amines) is 1. The van der Waals surface area contributed by atoms with Crippen LogP contribution in [0.25, 0.3) is 11.0 Å². The van der Waals surface area contributed by atoms with Crippen LogP contribution in [0.5, 0.6) is 0 Å². The molecule has 3 heterocycles. The van der Waals surface area contributed by atoms with Crippen molar-refractivity contribution >= 4 is 46.2 Å². The molecule has 9 heteroatoms. The fourth-order valence-corrected chi connectivity index (χ4v) is 5.37. The highest BCUT2D eigenvalue weighted by Gasteiger charge is 2.27. The Morgan fingerprint density at radius 1 is 1.16 bits per heavy atom. The van der Waals surface area contributed by atoms with Crippen LogP contribution in [0, 0.1) is 0 Å². The van der Waals surface area contributed by atoms with Crippen LogP contribution in [0.1, 0.15) is 33.6 Å². The van der Waals surface area contributed by atoms with E-state index in [9.17, 15) is 4.79 Å². The summed E-state index contributed by atoms with van der Waals surface area (Å²) >= 11 is 8.47. The molecular formula is C22H32ClN5O2S. The quantitative estimate of drug-likeness (QED) is 0.721. The first-order valence-electron chi connectivity index (χ1n) is 11.0. The Balaban J connectivity index is 1.41. The molecule has 1 N–H and O–H groups in total. The number of fused-ring (bicyclic) bond motifs is 1. The third-order valence-electron chi connectivity index (χ3n) is 5.74. The van der Waals surface area contributed by atoms with Crippen LogP contribution in [0.4, 0.5) is 10.5 Å². The fourth-order valence-electron chi connectivity index (χ4n) is 4.01. The number of thioether (sulfide) groups is 1. The predicted octanol–water partition coefficient (Wildman–Crippen LogP) is 4.46. The molecule has 1 amide bonds. The van der Waals surface area contributed by atoms with Gasteiger partial charge in [0.05, 0.1) is 21.7 Å². The summed E-state index contributed by atoms with van der Waals surface area (Å²) in [7, 11) is 2.18. The number of hydrogen-bond acceptors (Lipinski definition) is 6. The molecule has 2 aromatic rings. The van der Waals surface area contributed by atoms with Gasteiger partial charge in [-0.05, 0) is 65.9 Å². The minimum atomic E-state index is -0.480. The van der Waals surface area contributed by atoms with Gasteiger partial charge >= 0.3 is 6.09 Å². The number of amides is 1. The number of piperazine rings is 1. The molecule has 1 aromatic carbocycles. The predicted molar refractivity (Wildman–Crippen MR) is 127 cm³/mol. The first-order valence-corrected chi connectivity index (χ1v) is 12.2. The topological polar surface area (TPSA) is 64.7 Å². The lowest BCUT2D eigenvalue weighted by atomic mass is 10.1. The molecule has 31 heavy (non-hydrogen) atoms. The fraction of sp³-hybridized carbons (Fsp3) is 0.636. The molecule has 4 rings (SSSR count). The maximum Gasteiger partial charge on any atom is 0.410 e. The number of ether oxygens (including phenoxy) is 1. The molecule has 170 valence electrons. The van der Waals surface area contributed by atoms with Crippen LogP contribution in [0.3, 0.4) is 0 Å². The Labute approximate surface area is 193 Å². The Morgan fingerprint density at radius 2 is 1.84 bits per heavy atom. The summed E-state index contributed by atoms with van der Waals surface area (Å²) < 4.78 is 5.49. The number of aromatic amines is 1. The number of H-pyrrole nitrogens is 1. The van der Waals surface area contributed by atoms with Crippen molar-refractivity contribution in [3.8, 4) is 0 Å². The van der Waals surface area contributed by atoms with Gasteiger partial charge in [-0.2, -0.15) is 0 Å². The number of imidazole rings is 1. The monoisotopic (exact) mass is 465 g/mol. The molecule has 0 radical (unpaired) electrons. The number of benzene rings is 1. The van der Waals surface area contributed by atoms with Crippen molar-refractivity contribution in [2.24, 2.45) is 0 Å². The Hall–Kier alpha value is -1.64. The van der Waals surface area contributed by atoms with Crippen molar-refractivity contribution in [3.63, 3.8) is 0 Å². The minimum Gasteiger partial charge on any atom is -0.444 e. The van der Waals surface area contributed by atoms with Crippen molar-refractivity contribution in [1.82, 2.24) is 19.8 Å². The van der Waals surface area contributed by atoms with Gasteiger partial charge in [0.1, 0.15) is 5.60 Å². The average Bonchev–Trinajstić information content (AvgIpc) is 3.09. The molecule has 2 aliphatic rings. The number of hydrogen-bond donors (Lipinski definition) is 1. The largest absolute Gasteiger partial charge is 0.444 e. The number of piperidine rings is 1. The molecule has 0 unspecified atom stereocenters. The lowest BCUT2D eigenvalue weighted by Crippen LogP contribution is -2.50. The van der Waals surface area contributed by atoms with Gasteiger partial charge in [-0.25, -0.2) is 9.78 Å². The number of aromatic nitrogens is 2. The Morgan fingerprint density at radius 3 is 2.48 bits per heavy atom. The molecular weight excluding hydrogens is 434 g/mol. The summed E-state index contributed by atoms with van der Waals surface area (Å²) in [6.07, 6.45) is 2.12. The maximum atomic E-state index is 12.3. The van der Waals surface area contributed by atoms with Crippen LogP contribution in [0.2, 0.25) is 5.02 Å². The van der Waals surface area contributed by atoms with E-state index in [1.165, 1.54) is 12.8 Å². The van der Waals surface area contributed by atoms with Gasteiger partial charge < -0.3 is 24.4 Å². The summed E-state index contributed by atoms with van der Waals surface area (Å²) in [4.78, 5) is 26.9. The van der Waals surface area contributed by atoms with E-state index in [-0.39, 0.29) is 6.09 Å². The second-order valence-corrected chi connectivity index (χ2v) is 11.1. The first-order chi connectivity index (χ1) is 14.7. The number of nitrogens with zero attached hydrogens (tertiary/aromatic N) is 4. The highest BCUT2D eigenvalue weighted by atomic mass is 35.5. The van der Waals surface area contributed by atoms with Gasteiger partial charge in [0.25, 0.3) is 0 Å². The summed E-state index contributed by atoms with van der Waals surface area (Å²) in [5, 5.41) is 2.26. The van der Waals surface area contributed by atoms with E-state index in [1.54, 1.807) is 4.90 Å². The lowest BCUT2D eigenvalue weighted by molar-refractivity contribution is 0.0240. The van der Waals surface area contributed by atoms with Crippen LogP contribution in [-0.2, 0) is 4.74 Å². The highest BCUT2D eigenvalue weighted by Crippen LogP contribution is 2.34. The van der Waals surface area contributed by atoms with E-state index in [0.29, 0.717) is 23.4 Å². The molecule has 0 bridgehead atoms. The molecule has 7 nitrogen and oxygen atoms in total. The van der Waals surface area contributed by atoms with Crippen LogP contribution < -0.4 is 4.90 Å². The van der Waals surface area contributed by atoms with E-state index in [4.69, 9.17) is 21.3 Å². The van der Waals surface area contributed by atoms with Gasteiger partial charge in [-0.1, -0.05) is 23.4 Å². The molecule has 2 aliphatic heterocycles. The third-order valence-corrected chi connectivity index (χ3v) is 7.27. The molecule has 0 spiro atoms. The summed E-state index contributed by atoms with van der Waals surface area (Å²) in [6, 6.07) is 4.04. The standard InChI is InChI=1S/C22H32ClN5O2S/c1-22(2,3)30-21(29)28-11-9-27(10-12-28)19-14-18-17(13-16(19)23)24-20(25-18)31-15-5-7-26(4)8-6-15/h13-15H,5-12H2,1-4H3,(H,24,25). The van der Waals surface area contributed by atoms with Crippen molar-refractivity contribution in [3.05, 3.63) is 17.2 Å². The molecule has 2 fully saturated rings. The van der Waals surface area contributed by atoms with Gasteiger partial charge in [0.2, 0.25) is 0 Å².